The van der Waals surface area contributed by atoms with E-state index in [9.17, 15) is 9.59 Å². The Morgan fingerprint density at radius 3 is 2.75 bits per heavy atom. The van der Waals surface area contributed by atoms with Crippen LogP contribution in [0.25, 0.3) is 0 Å². The number of nitrogens with zero attached hydrogens (tertiary/aromatic N) is 4. The van der Waals surface area contributed by atoms with Gasteiger partial charge in [-0.2, -0.15) is 0 Å². The van der Waals surface area contributed by atoms with Gasteiger partial charge in [-0.15, -0.1) is 10.2 Å². The average molecular weight is 452 g/mol. The van der Waals surface area contributed by atoms with Crippen LogP contribution >= 0.6 is 11.8 Å². The van der Waals surface area contributed by atoms with E-state index >= 15 is 0 Å². The molecule has 9 heteroatoms. The van der Waals surface area contributed by atoms with Crippen LogP contribution in [-0.2, 0) is 16.6 Å². The molecule has 32 heavy (non-hydrogen) atoms. The molecule has 1 atom stereocenters. The third kappa shape index (κ3) is 4.34. The van der Waals surface area contributed by atoms with Crippen molar-refractivity contribution in [2.24, 2.45) is 7.05 Å². The number of aryl methyl sites for hydroxylation is 2. The van der Waals surface area contributed by atoms with Gasteiger partial charge in [0.2, 0.25) is 5.91 Å². The maximum atomic E-state index is 12.6. The van der Waals surface area contributed by atoms with Crippen molar-refractivity contribution in [1.29, 1.82) is 0 Å². The number of nitrogens with one attached hydrogen (secondary N) is 1. The zero-order valence-corrected chi connectivity index (χ0v) is 19.3. The summed E-state index contributed by atoms with van der Waals surface area (Å²) in [7, 11) is 1.84. The third-order valence-corrected chi connectivity index (χ3v) is 6.52. The molecule has 1 aromatic heterocycles. The SMILES string of the molecule is Cc1ccc(NC(=O)CSc2nnc([C@@H](C)N3C(=O)COc4ccccc43)n2C)cc1C. The van der Waals surface area contributed by atoms with E-state index in [0.29, 0.717) is 22.4 Å². The van der Waals surface area contributed by atoms with Crippen molar-refractivity contribution in [3.63, 3.8) is 0 Å². The molecule has 8 nitrogen and oxygen atoms in total. The monoisotopic (exact) mass is 451 g/mol. The summed E-state index contributed by atoms with van der Waals surface area (Å²) in [4.78, 5) is 26.7. The zero-order valence-electron chi connectivity index (χ0n) is 18.5. The molecule has 3 aromatic rings. The number of fused-ring (bicyclic) bond motifs is 1. The molecule has 2 heterocycles. The van der Waals surface area contributed by atoms with E-state index in [1.807, 2.05) is 74.9 Å². The van der Waals surface area contributed by atoms with Crippen molar-refractivity contribution >= 4 is 35.0 Å². The fraction of sp³-hybridized carbons (Fsp3) is 0.304. The first-order valence-corrected chi connectivity index (χ1v) is 11.3. The smallest absolute Gasteiger partial charge is 0.265 e. The lowest BCUT2D eigenvalue weighted by atomic mass is 10.1. The van der Waals surface area contributed by atoms with Crippen LogP contribution in [0.5, 0.6) is 5.75 Å². The maximum Gasteiger partial charge on any atom is 0.265 e. The van der Waals surface area contributed by atoms with Gasteiger partial charge in [0.15, 0.2) is 17.6 Å². The molecular formula is C23H25N5O3S. The summed E-state index contributed by atoms with van der Waals surface area (Å²) in [6, 6.07) is 12.9. The number of hydrogen-bond donors (Lipinski definition) is 1. The summed E-state index contributed by atoms with van der Waals surface area (Å²) in [5.41, 5.74) is 3.79. The number of rotatable bonds is 6. The van der Waals surface area contributed by atoms with Gasteiger partial charge in [-0.1, -0.05) is 30.0 Å². The van der Waals surface area contributed by atoms with Gasteiger partial charge in [0.05, 0.1) is 17.5 Å². The topological polar surface area (TPSA) is 89.3 Å². The average Bonchev–Trinajstić information content (AvgIpc) is 3.14. The van der Waals surface area contributed by atoms with Crippen molar-refractivity contribution in [2.75, 3.05) is 22.6 Å². The fourth-order valence-electron chi connectivity index (χ4n) is 3.62. The first kappa shape index (κ1) is 21.9. The minimum atomic E-state index is -0.344. The number of carbonyl (C=O) groups excluding carboxylic acids is 2. The van der Waals surface area contributed by atoms with Gasteiger partial charge < -0.3 is 14.6 Å². The van der Waals surface area contributed by atoms with E-state index in [2.05, 4.69) is 15.5 Å². The number of hydrogen-bond acceptors (Lipinski definition) is 6. The Morgan fingerprint density at radius 2 is 1.97 bits per heavy atom. The molecule has 166 valence electrons. The van der Waals surface area contributed by atoms with Crippen LogP contribution in [0, 0.1) is 13.8 Å². The summed E-state index contributed by atoms with van der Waals surface area (Å²) in [5, 5.41) is 12.1. The summed E-state index contributed by atoms with van der Waals surface area (Å²) in [5.74, 6) is 1.24. The highest BCUT2D eigenvalue weighted by molar-refractivity contribution is 7.99. The van der Waals surface area contributed by atoms with Crippen LogP contribution in [0.15, 0.2) is 47.6 Å². The molecular weight excluding hydrogens is 426 g/mol. The number of para-hydroxylation sites is 2. The van der Waals surface area contributed by atoms with Crippen molar-refractivity contribution in [3.8, 4) is 5.75 Å². The molecule has 1 aliphatic rings. The highest BCUT2D eigenvalue weighted by atomic mass is 32.2. The predicted octanol–water partition coefficient (Wildman–Crippen LogP) is 3.65. The molecule has 0 saturated heterocycles. The summed E-state index contributed by atoms with van der Waals surface area (Å²) in [6.07, 6.45) is 0. The summed E-state index contributed by atoms with van der Waals surface area (Å²) in [6.45, 7) is 5.94. The molecule has 2 amide bonds. The number of carbonyl (C=O) groups is 2. The summed E-state index contributed by atoms with van der Waals surface area (Å²) < 4.78 is 7.36. The highest BCUT2D eigenvalue weighted by Gasteiger charge is 2.32. The van der Waals surface area contributed by atoms with Crippen LogP contribution in [0.3, 0.4) is 0 Å². The minimum absolute atomic E-state index is 0.0144. The van der Waals surface area contributed by atoms with Crippen LogP contribution < -0.4 is 15.0 Å². The molecule has 2 aromatic carbocycles. The van der Waals surface area contributed by atoms with Crippen molar-refractivity contribution in [3.05, 3.63) is 59.4 Å². The predicted molar refractivity (Wildman–Crippen MR) is 124 cm³/mol. The van der Waals surface area contributed by atoms with Crippen molar-refractivity contribution < 1.29 is 14.3 Å². The van der Waals surface area contributed by atoms with E-state index in [0.717, 1.165) is 11.3 Å². The molecule has 0 aliphatic carbocycles. The number of ether oxygens (including phenoxy) is 1. The van der Waals surface area contributed by atoms with Crippen LogP contribution in [0.1, 0.15) is 29.9 Å². The second kappa shape index (κ2) is 9.04. The number of thioether (sulfide) groups is 1. The van der Waals surface area contributed by atoms with E-state index < -0.39 is 0 Å². The number of benzene rings is 2. The van der Waals surface area contributed by atoms with Crippen LogP contribution in [-0.4, -0.2) is 38.9 Å². The Kier molecular flexibility index (Phi) is 6.18. The Morgan fingerprint density at radius 1 is 1.19 bits per heavy atom. The lowest BCUT2D eigenvalue weighted by Crippen LogP contribution is -2.41. The largest absolute Gasteiger partial charge is 0.482 e. The number of anilines is 2. The second-order valence-electron chi connectivity index (χ2n) is 7.73. The van der Waals surface area contributed by atoms with Gasteiger partial charge in [0.25, 0.3) is 5.91 Å². The molecule has 0 spiro atoms. The number of amides is 2. The third-order valence-electron chi connectivity index (χ3n) is 5.50. The second-order valence-corrected chi connectivity index (χ2v) is 8.67. The standard InChI is InChI=1S/C23H25N5O3S/c1-14-9-10-17(11-15(14)2)24-20(29)13-32-23-26-25-22(27(23)4)16(3)28-18-7-5-6-8-19(18)31-12-21(28)30/h5-11,16H,12-13H2,1-4H3,(H,24,29)/t16-/m1/s1. The van der Waals surface area contributed by atoms with Crippen molar-refractivity contribution in [2.45, 2.75) is 32.0 Å². The first-order valence-electron chi connectivity index (χ1n) is 10.3. The lowest BCUT2D eigenvalue weighted by molar-refractivity contribution is -0.121. The van der Waals surface area contributed by atoms with Crippen molar-refractivity contribution in [1.82, 2.24) is 14.8 Å². The lowest BCUT2D eigenvalue weighted by Gasteiger charge is -2.33. The van der Waals surface area contributed by atoms with E-state index in [1.165, 1.54) is 17.3 Å². The molecule has 1 N–H and O–H groups in total. The van der Waals surface area contributed by atoms with Crippen LogP contribution in [0.2, 0.25) is 0 Å². The molecule has 4 rings (SSSR count). The Labute approximate surface area is 191 Å². The van der Waals surface area contributed by atoms with Crippen LogP contribution in [0.4, 0.5) is 11.4 Å². The van der Waals surface area contributed by atoms with Gasteiger partial charge in [-0.25, -0.2) is 0 Å². The molecule has 0 radical (unpaired) electrons. The van der Waals surface area contributed by atoms with Gasteiger partial charge in [-0.05, 0) is 56.2 Å². The number of aromatic nitrogens is 3. The van der Waals surface area contributed by atoms with Gasteiger partial charge in [-0.3, -0.25) is 14.5 Å². The minimum Gasteiger partial charge on any atom is -0.482 e. The van der Waals surface area contributed by atoms with E-state index in [1.54, 1.807) is 4.90 Å². The Balaban J connectivity index is 1.45. The fourth-order valence-corrected chi connectivity index (χ4v) is 4.34. The summed E-state index contributed by atoms with van der Waals surface area (Å²) >= 11 is 1.30. The molecule has 0 fully saturated rings. The zero-order chi connectivity index (χ0) is 22.8. The molecule has 0 unspecified atom stereocenters. The maximum absolute atomic E-state index is 12.6. The van der Waals surface area contributed by atoms with E-state index in [-0.39, 0.29) is 30.2 Å². The van der Waals surface area contributed by atoms with E-state index in [4.69, 9.17) is 4.74 Å². The Bertz CT molecular complexity index is 1180. The molecule has 0 saturated carbocycles. The van der Waals surface area contributed by atoms with Gasteiger partial charge in [0.1, 0.15) is 5.75 Å². The normalized spacial score (nSPS) is 14.0. The molecule has 1 aliphatic heterocycles. The Hall–Kier alpha value is -3.33. The highest BCUT2D eigenvalue weighted by Crippen LogP contribution is 2.37. The van der Waals surface area contributed by atoms with Gasteiger partial charge in [0, 0.05) is 12.7 Å². The molecule has 0 bridgehead atoms. The quantitative estimate of drug-likeness (QED) is 0.576. The van der Waals surface area contributed by atoms with Gasteiger partial charge >= 0.3 is 0 Å². The first-order chi connectivity index (χ1) is 15.3.